The van der Waals surface area contributed by atoms with Crippen LogP contribution >= 0.6 is 0 Å². The van der Waals surface area contributed by atoms with E-state index >= 15 is 0 Å². The standard InChI is InChI=1S/C20H14O4/c21-20-16-11-15-12(10-13-4-3-9-22-13)7-8-18(15)23-19(16)14-5-1-2-6-17(14)24-20/h1-10,15,18H,11H2/b12-10-/t15-,18+/m1/s1. The number of furan rings is 1. The Morgan fingerprint density at radius 1 is 1.12 bits per heavy atom. The highest BCUT2D eigenvalue weighted by molar-refractivity contribution is 5.84. The van der Waals surface area contributed by atoms with Gasteiger partial charge in [-0.3, -0.25) is 0 Å². The third-order valence-electron chi connectivity index (χ3n) is 4.69. The Labute approximate surface area is 137 Å². The minimum Gasteiger partial charge on any atom is -0.484 e. The van der Waals surface area contributed by atoms with Crippen LogP contribution in [-0.4, -0.2) is 6.10 Å². The predicted molar refractivity (Wildman–Crippen MR) is 89.9 cm³/mol. The van der Waals surface area contributed by atoms with Gasteiger partial charge >= 0.3 is 5.63 Å². The van der Waals surface area contributed by atoms with Gasteiger partial charge in [-0.25, -0.2) is 4.79 Å². The molecule has 24 heavy (non-hydrogen) atoms. The maximum absolute atomic E-state index is 12.4. The molecule has 3 aromatic rings. The fourth-order valence-electron chi connectivity index (χ4n) is 3.53. The number of benzene rings is 1. The van der Waals surface area contributed by atoms with Crippen LogP contribution in [-0.2, 0) is 6.42 Å². The highest BCUT2D eigenvalue weighted by Gasteiger charge is 2.36. The molecule has 0 radical (unpaired) electrons. The summed E-state index contributed by atoms with van der Waals surface area (Å²) < 4.78 is 17.0. The van der Waals surface area contributed by atoms with Gasteiger partial charge in [-0.05, 0) is 48.4 Å². The van der Waals surface area contributed by atoms with E-state index < -0.39 is 0 Å². The summed E-state index contributed by atoms with van der Waals surface area (Å²) >= 11 is 0. The zero-order valence-corrected chi connectivity index (χ0v) is 12.8. The molecule has 1 aliphatic heterocycles. The molecule has 5 rings (SSSR count). The van der Waals surface area contributed by atoms with Crippen molar-refractivity contribution in [1.29, 1.82) is 0 Å². The van der Waals surface area contributed by atoms with Crippen LogP contribution in [0.15, 0.2) is 74.0 Å². The summed E-state index contributed by atoms with van der Waals surface area (Å²) in [5.41, 5.74) is 1.97. The number of para-hydroxylation sites is 1. The molecule has 0 N–H and O–H groups in total. The Morgan fingerprint density at radius 3 is 2.92 bits per heavy atom. The van der Waals surface area contributed by atoms with Crippen LogP contribution in [0.4, 0.5) is 0 Å². The van der Waals surface area contributed by atoms with Gasteiger partial charge in [-0.15, -0.1) is 0 Å². The van der Waals surface area contributed by atoms with E-state index in [4.69, 9.17) is 13.6 Å². The normalized spacial score (nSPS) is 23.2. The fourth-order valence-corrected chi connectivity index (χ4v) is 3.53. The summed E-state index contributed by atoms with van der Waals surface area (Å²) in [6.07, 6.45) is 8.28. The molecule has 0 saturated heterocycles. The summed E-state index contributed by atoms with van der Waals surface area (Å²) in [5, 5.41) is 0.849. The number of ether oxygens (including phenoxy) is 1. The Morgan fingerprint density at radius 2 is 2.04 bits per heavy atom. The Bertz CT molecular complexity index is 1040. The minimum absolute atomic E-state index is 0.0658. The van der Waals surface area contributed by atoms with E-state index in [2.05, 4.69) is 0 Å². The molecule has 0 saturated carbocycles. The second-order valence-corrected chi connectivity index (χ2v) is 6.11. The van der Waals surface area contributed by atoms with Crippen molar-refractivity contribution in [3.63, 3.8) is 0 Å². The second kappa shape index (κ2) is 4.99. The molecule has 4 heteroatoms. The third kappa shape index (κ3) is 1.96. The number of hydrogen-bond donors (Lipinski definition) is 0. The van der Waals surface area contributed by atoms with Crippen LogP contribution in [0.1, 0.15) is 11.3 Å². The lowest BCUT2D eigenvalue weighted by molar-refractivity contribution is 0.183. The largest absolute Gasteiger partial charge is 0.484 e. The molecule has 0 amide bonds. The topological polar surface area (TPSA) is 52.6 Å². The van der Waals surface area contributed by atoms with Gasteiger partial charge in [-0.2, -0.15) is 0 Å². The summed E-state index contributed by atoms with van der Waals surface area (Å²) in [5.74, 6) is 1.56. The molecule has 0 spiro atoms. The van der Waals surface area contributed by atoms with Gasteiger partial charge in [0.2, 0.25) is 0 Å². The van der Waals surface area contributed by atoms with Crippen LogP contribution in [0.2, 0.25) is 0 Å². The van der Waals surface area contributed by atoms with Gasteiger partial charge in [-0.1, -0.05) is 18.2 Å². The minimum atomic E-state index is -0.314. The van der Waals surface area contributed by atoms with Crippen molar-refractivity contribution in [3.8, 4) is 5.75 Å². The van der Waals surface area contributed by atoms with Gasteiger partial charge in [0, 0.05) is 5.92 Å². The second-order valence-electron chi connectivity index (χ2n) is 6.11. The predicted octanol–water partition coefficient (Wildman–Crippen LogP) is 3.96. The van der Waals surface area contributed by atoms with Crippen molar-refractivity contribution >= 4 is 17.0 Å². The quantitative estimate of drug-likeness (QED) is 0.637. The molecule has 4 nitrogen and oxygen atoms in total. The lowest BCUT2D eigenvalue weighted by Gasteiger charge is -2.29. The van der Waals surface area contributed by atoms with E-state index in [1.165, 1.54) is 0 Å². The molecule has 118 valence electrons. The van der Waals surface area contributed by atoms with Crippen LogP contribution in [0.5, 0.6) is 5.75 Å². The lowest BCUT2D eigenvalue weighted by atomic mass is 9.89. The van der Waals surface area contributed by atoms with Gasteiger partial charge in [0.15, 0.2) is 0 Å². The first-order chi connectivity index (χ1) is 11.8. The molecule has 2 aromatic heterocycles. The highest BCUT2D eigenvalue weighted by Crippen LogP contribution is 2.41. The molecular weight excluding hydrogens is 304 g/mol. The van der Waals surface area contributed by atoms with E-state index in [1.54, 1.807) is 12.3 Å². The van der Waals surface area contributed by atoms with Gasteiger partial charge in [0.1, 0.15) is 23.2 Å². The zero-order valence-electron chi connectivity index (χ0n) is 12.8. The molecule has 0 unspecified atom stereocenters. The van der Waals surface area contributed by atoms with Crippen molar-refractivity contribution in [2.75, 3.05) is 0 Å². The number of fused-ring (bicyclic) bond motifs is 4. The summed E-state index contributed by atoms with van der Waals surface area (Å²) in [6.45, 7) is 0. The van der Waals surface area contributed by atoms with E-state index in [-0.39, 0.29) is 17.6 Å². The SMILES string of the molecule is O=c1oc2ccccc2c2c1C[C@@H]1/C(=C\c3ccco3)C=C[C@@H]1O2. The third-order valence-corrected chi connectivity index (χ3v) is 4.69. The van der Waals surface area contributed by atoms with E-state index in [9.17, 15) is 4.79 Å². The monoisotopic (exact) mass is 318 g/mol. The van der Waals surface area contributed by atoms with Crippen molar-refractivity contribution in [1.82, 2.24) is 0 Å². The first-order valence-corrected chi connectivity index (χ1v) is 7.94. The van der Waals surface area contributed by atoms with Crippen molar-refractivity contribution < 1.29 is 13.6 Å². The Hall–Kier alpha value is -3.01. The van der Waals surface area contributed by atoms with Crippen LogP contribution < -0.4 is 10.4 Å². The number of hydrogen-bond acceptors (Lipinski definition) is 4. The maximum Gasteiger partial charge on any atom is 0.343 e. The molecule has 1 aromatic carbocycles. The first-order valence-electron chi connectivity index (χ1n) is 7.94. The average molecular weight is 318 g/mol. The summed E-state index contributed by atoms with van der Waals surface area (Å²) in [6, 6.07) is 11.3. The lowest BCUT2D eigenvalue weighted by Crippen LogP contribution is -2.32. The smallest absolute Gasteiger partial charge is 0.343 e. The van der Waals surface area contributed by atoms with Crippen LogP contribution in [0.25, 0.3) is 17.0 Å². The highest BCUT2D eigenvalue weighted by atomic mass is 16.5. The number of allylic oxidation sites excluding steroid dienone is 1. The summed E-state index contributed by atoms with van der Waals surface area (Å²) in [7, 11) is 0. The van der Waals surface area contributed by atoms with E-state index in [0.29, 0.717) is 23.3 Å². The molecular formula is C20H14O4. The Kier molecular flexibility index (Phi) is 2.80. The van der Waals surface area contributed by atoms with Gasteiger partial charge < -0.3 is 13.6 Å². The van der Waals surface area contributed by atoms with Crippen LogP contribution in [0, 0.1) is 5.92 Å². The van der Waals surface area contributed by atoms with E-state index in [0.717, 1.165) is 16.7 Å². The molecule has 1 aliphatic carbocycles. The van der Waals surface area contributed by atoms with Crippen molar-refractivity contribution in [3.05, 3.63) is 82.1 Å². The fraction of sp³-hybridized carbons (Fsp3) is 0.150. The van der Waals surface area contributed by atoms with Gasteiger partial charge in [0.05, 0.1) is 17.2 Å². The summed E-state index contributed by atoms with van der Waals surface area (Å²) in [4.78, 5) is 12.4. The molecule has 0 bridgehead atoms. The molecule has 2 atom stereocenters. The van der Waals surface area contributed by atoms with Gasteiger partial charge in [0.25, 0.3) is 0 Å². The zero-order chi connectivity index (χ0) is 16.1. The van der Waals surface area contributed by atoms with Crippen molar-refractivity contribution in [2.45, 2.75) is 12.5 Å². The molecule has 2 aliphatic rings. The van der Waals surface area contributed by atoms with Crippen molar-refractivity contribution in [2.24, 2.45) is 5.92 Å². The van der Waals surface area contributed by atoms with Crippen LogP contribution in [0.3, 0.4) is 0 Å². The number of rotatable bonds is 1. The molecule has 3 heterocycles. The maximum atomic E-state index is 12.4. The molecule has 0 fully saturated rings. The Balaban J connectivity index is 1.62. The average Bonchev–Trinajstić information content (AvgIpc) is 3.24. The first kappa shape index (κ1) is 13.4. The van der Waals surface area contributed by atoms with E-state index in [1.807, 2.05) is 48.6 Å².